The van der Waals surface area contributed by atoms with Crippen molar-refractivity contribution in [1.82, 2.24) is 9.78 Å². The maximum absolute atomic E-state index is 11.9. The summed E-state index contributed by atoms with van der Waals surface area (Å²) in [6.07, 6.45) is 1.46. The second-order valence-corrected chi connectivity index (χ2v) is 4.11. The highest BCUT2D eigenvalue weighted by Gasteiger charge is 2.09. The maximum atomic E-state index is 11.9. The molecule has 6 heteroatoms. The molecule has 0 spiro atoms. The van der Waals surface area contributed by atoms with E-state index in [1.54, 1.807) is 6.07 Å². The number of carbonyl (C=O) groups is 1. The molecular formula is C13H14N4O2. The van der Waals surface area contributed by atoms with E-state index in [-0.39, 0.29) is 18.0 Å². The van der Waals surface area contributed by atoms with Crippen molar-refractivity contribution in [2.24, 2.45) is 0 Å². The number of nitrogens with two attached hydrogens (primary N) is 1. The topological polar surface area (TPSA) is 90.0 Å². The molecule has 98 valence electrons. The van der Waals surface area contributed by atoms with Crippen molar-refractivity contribution in [2.45, 2.75) is 13.5 Å². The van der Waals surface area contributed by atoms with E-state index in [9.17, 15) is 9.59 Å². The van der Waals surface area contributed by atoms with Crippen molar-refractivity contribution in [1.29, 1.82) is 0 Å². The number of carbonyl (C=O) groups excluding carboxylic acids is 1. The molecule has 1 aromatic heterocycles. The van der Waals surface area contributed by atoms with Crippen molar-refractivity contribution < 1.29 is 4.79 Å². The van der Waals surface area contributed by atoms with Gasteiger partial charge in [0.05, 0.1) is 11.4 Å². The fourth-order valence-corrected chi connectivity index (χ4v) is 1.68. The predicted molar refractivity (Wildman–Crippen MR) is 72.7 cm³/mol. The smallest absolute Gasteiger partial charge is 0.267 e. The van der Waals surface area contributed by atoms with Gasteiger partial charge in [-0.1, -0.05) is 12.1 Å². The summed E-state index contributed by atoms with van der Waals surface area (Å²) in [6, 6.07) is 8.23. The predicted octanol–water partition coefficient (Wildman–Crippen LogP) is 0.773. The van der Waals surface area contributed by atoms with Gasteiger partial charge in [-0.3, -0.25) is 9.59 Å². The van der Waals surface area contributed by atoms with Gasteiger partial charge in [0.2, 0.25) is 5.91 Å². The molecule has 1 heterocycles. The van der Waals surface area contributed by atoms with E-state index in [0.29, 0.717) is 11.4 Å². The molecule has 0 aliphatic carbocycles. The molecule has 6 nitrogen and oxygen atoms in total. The SMILES string of the molecule is Cc1cccc(N)c1NC(=O)Cn1ncccc1=O. The van der Waals surface area contributed by atoms with Crippen LogP contribution in [0.25, 0.3) is 0 Å². The van der Waals surface area contributed by atoms with Crippen LogP contribution in [0.3, 0.4) is 0 Å². The van der Waals surface area contributed by atoms with Gasteiger partial charge in [-0.2, -0.15) is 5.10 Å². The summed E-state index contributed by atoms with van der Waals surface area (Å²) >= 11 is 0. The molecule has 0 radical (unpaired) electrons. The zero-order valence-electron chi connectivity index (χ0n) is 10.5. The molecule has 0 atom stereocenters. The Labute approximate surface area is 109 Å². The Morgan fingerprint density at radius 2 is 2.16 bits per heavy atom. The Balaban J connectivity index is 2.15. The second-order valence-electron chi connectivity index (χ2n) is 4.11. The van der Waals surface area contributed by atoms with Gasteiger partial charge in [0.15, 0.2) is 0 Å². The number of hydrogen-bond donors (Lipinski definition) is 2. The van der Waals surface area contributed by atoms with E-state index in [4.69, 9.17) is 5.73 Å². The fourth-order valence-electron chi connectivity index (χ4n) is 1.68. The molecule has 2 aromatic rings. The van der Waals surface area contributed by atoms with Crippen LogP contribution >= 0.6 is 0 Å². The van der Waals surface area contributed by atoms with E-state index < -0.39 is 0 Å². The van der Waals surface area contributed by atoms with E-state index >= 15 is 0 Å². The number of amides is 1. The van der Waals surface area contributed by atoms with Crippen LogP contribution in [0.4, 0.5) is 11.4 Å². The van der Waals surface area contributed by atoms with Crippen molar-refractivity contribution in [3.05, 3.63) is 52.4 Å². The average Bonchev–Trinajstić information content (AvgIpc) is 2.37. The van der Waals surface area contributed by atoms with Gasteiger partial charge in [-0.25, -0.2) is 4.68 Å². The minimum atomic E-state index is -0.346. The number of nitrogens with zero attached hydrogens (tertiary/aromatic N) is 2. The molecule has 0 saturated heterocycles. The largest absolute Gasteiger partial charge is 0.397 e. The first-order chi connectivity index (χ1) is 9.08. The minimum Gasteiger partial charge on any atom is -0.397 e. The summed E-state index contributed by atoms with van der Waals surface area (Å²) in [5.41, 5.74) is 7.39. The summed E-state index contributed by atoms with van der Waals surface area (Å²) in [4.78, 5) is 23.3. The number of aromatic nitrogens is 2. The van der Waals surface area contributed by atoms with Crippen LogP contribution in [-0.4, -0.2) is 15.7 Å². The Bertz CT molecular complexity index is 643. The normalized spacial score (nSPS) is 10.2. The summed E-state index contributed by atoms with van der Waals surface area (Å²) in [6.45, 7) is 1.70. The molecule has 0 aliphatic heterocycles. The molecule has 1 amide bonds. The number of aryl methyl sites for hydroxylation is 1. The van der Waals surface area contributed by atoms with Crippen LogP contribution in [0, 0.1) is 6.92 Å². The highest BCUT2D eigenvalue weighted by Crippen LogP contribution is 2.22. The van der Waals surface area contributed by atoms with Crippen molar-refractivity contribution in [3.8, 4) is 0 Å². The molecule has 19 heavy (non-hydrogen) atoms. The van der Waals surface area contributed by atoms with E-state index in [2.05, 4.69) is 10.4 Å². The van der Waals surface area contributed by atoms with E-state index in [1.807, 2.05) is 19.1 Å². The van der Waals surface area contributed by atoms with E-state index in [1.165, 1.54) is 18.3 Å². The van der Waals surface area contributed by atoms with Gasteiger partial charge in [-0.15, -0.1) is 0 Å². The maximum Gasteiger partial charge on any atom is 0.267 e. The monoisotopic (exact) mass is 258 g/mol. The lowest BCUT2D eigenvalue weighted by molar-refractivity contribution is -0.117. The molecule has 0 aliphatic rings. The Kier molecular flexibility index (Phi) is 3.61. The van der Waals surface area contributed by atoms with Crippen molar-refractivity contribution >= 4 is 17.3 Å². The molecule has 3 N–H and O–H groups in total. The number of hydrogen-bond acceptors (Lipinski definition) is 4. The molecule has 2 rings (SSSR count). The number of nitrogen functional groups attached to an aromatic ring is 1. The quantitative estimate of drug-likeness (QED) is 0.796. The zero-order valence-corrected chi connectivity index (χ0v) is 10.5. The number of para-hydroxylation sites is 1. The standard InChI is InChI=1S/C13H14N4O2/c1-9-4-2-5-10(14)13(9)16-11(18)8-17-12(19)6-3-7-15-17/h2-7H,8,14H2,1H3,(H,16,18). The van der Waals surface area contributed by atoms with Gasteiger partial charge < -0.3 is 11.1 Å². The van der Waals surface area contributed by atoms with Crippen molar-refractivity contribution in [2.75, 3.05) is 11.1 Å². The Morgan fingerprint density at radius 1 is 1.37 bits per heavy atom. The lowest BCUT2D eigenvalue weighted by Gasteiger charge is -2.11. The van der Waals surface area contributed by atoms with Gasteiger partial charge in [0.1, 0.15) is 6.54 Å². The molecule has 0 saturated carbocycles. The van der Waals surface area contributed by atoms with Crippen LogP contribution in [-0.2, 0) is 11.3 Å². The molecule has 1 aromatic carbocycles. The summed E-state index contributed by atoms with van der Waals surface area (Å²) in [5, 5.41) is 6.51. The lowest BCUT2D eigenvalue weighted by atomic mass is 10.1. The summed E-state index contributed by atoms with van der Waals surface area (Å²) in [7, 11) is 0. The Hall–Kier alpha value is -2.63. The van der Waals surface area contributed by atoms with E-state index in [0.717, 1.165) is 10.2 Å². The number of benzene rings is 1. The van der Waals surface area contributed by atoms with Gasteiger partial charge >= 0.3 is 0 Å². The highest BCUT2D eigenvalue weighted by molar-refractivity contribution is 5.94. The lowest BCUT2D eigenvalue weighted by Crippen LogP contribution is -2.29. The zero-order chi connectivity index (χ0) is 13.8. The first-order valence-electron chi connectivity index (χ1n) is 5.75. The molecule has 0 unspecified atom stereocenters. The Morgan fingerprint density at radius 3 is 2.84 bits per heavy atom. The first kappa shape index (κ1) is 12.8. The van der Waals surface area contributed by atoms with Gasteiger partial charge in [0, 0.05) is 12.3 Å². The van der Waals surface area contributed by atoms with Crippen LogP contribution in [0.1, 0.15) is 5.56 Å². The molecule has 0 fully saturated rings. The van der Waals surface area contributed by atoms with Crippen LogP contribution < -0.4 is 16.6 Å². The number of anilines is 2. The second kappa shape index (κ2) is 5.34. The molecule has 0 bridgehead atoms. The third-order valence-corrected chi connectivity index (χ3v) is 2.65. The van der Waals surface area contributed by atoms with Crippen LogP contribution in [0.2, 0.25) is 0 Å². The van der Waals surface area contributed by atoms with Gasteiger partial charge in [-0.05, 0) is 24.6 Å². The number of nitrogens with one attached hydrogen (secondary N) is 1. The van der Waals surface area contributed by atoms with Crippen molar-refractivity contribution in [3.63, 3.8) is 0 Å². The van der Waals surface area contributed by atoms with Crippen LogP contribution in [0.5, 0.6) is 0 Å². The fraction of sp³-hybridized carbons (Fsp3) is 0.154. The first-order valence-corrected chi connectivity index (χ1v) is 5.75. The van der Waals surface area contributed by atoms with Crippen LogP contribution in [0.15, 0.2) is 41.3 Å². The average molecular weight is 258 g/mol. The third-order valence-electron chi connectivity index (χ3n) is 2.65. The van der Waals surface area contributed by atoms with Gasteiger partial charge in [0.25, 0.3) is 5.56 Å². The highest BCUT2D eigenvalue weighted by atomic mass is 16.2. The number of rotatable bonds is 3. The third kappa shape index (κ3) is 2.98. The minimum absolute atomic E-state index is 0.145. The molecular weight excluding hydrogens is 244 g/mol. The summed E-state index contributed by atoms with van der Waals surface area (Å²) in [5.74, 6) is -0.346. The summed E-state index contributed by atoms with van der Waals surface area (Å²) < 4.78 is 1.09.